The van der Waals surface area contributed by atoms with E-state index in [0.29, 0.717) is 30.4 Å². The molecule has 1 saturated carbocycles. The zero-order valence-corrected chi connectivity index (χ0v) is 25.4. The summed E-state index contributed by atoms with van der Waals surface area (Å²) in [6.45, 7) is 5.69. The van der Waals surface area contributed by atoms with Gasteiger partial charge >= 0.3 is 0 Å². The fourth-order valence-electron chi connectivity index (χ4n) is 5.97. The van der Waals surface area contributed by atoms with E-state index in [-0.39, 0.29) is 29.5 Å². The molecule has 3 aromatic rings. The van der Waals surface area contributed by atoms with Gasteiger partial charge in [0.1, 0.15) is 21.4 Å². The average molecular weight is 592 g/mol. The standard InChI is InChI=1S/C32H41N5O4S/c1-3-18-36-19-15-26(23-36)34-32(38)25-11-8-24(9-12-25)10-13-30-33-17-14-31(35-30)37-20-16-27-28(37)6-4-7-29(27)41-21-5-22-42(2,39)40/h4,6-7,14,16-17,20,24-26H,3,5,8-9,11-12,15,18-19,21-23H2,1-2H3,(H,34,38)/t24?,25?,26-/m1/s1. The zero-order chi connectivity index (χ0) is 29.5. The molecule has 1 aliphatic heterocycles. The van der Waals surface area contributed by atoms with E-state index in [2.05, 4.69) is 34.0 Å². The highest BCUT2D eigenvalue weighted by atomic mass is 32.2. The van der Waals surface area contributed by atoms with E-state index in [1.807, 2.05) is 41.1 Å². The molecule has 1 saturated heterocycles. The molecule has 1 amide bonds. The van der Waals surface area contributed by atoms with E-state index in [1.165, 1.54) is 6.26 Å². The molecule has 2 fully saturated rings. The Bertz CT molecular complexity index is 1550. The first-order valence-electron chi connectivity index (χ1n) is 15.1. The van der Waals surface area contributed by atoms with Crippen LogP contribution in [0.1, 0.15) is 57.7 Å². The lowest BCUT2D eigenvalue weighted by molar-refractivity contribution is -0.126. The quantitative estimate of drug-likeness (QED) is 0.281. The third-order valence-corrected chi connectivity index (χ3v) is 9.17. The van der Waals surface area contributed by atoms with Crippen LogP contribution in [0.3, 0.4) is 0 Å². The van der Waals surface area contributed by atoms with Gasteiger partial charge in [0.05, 0.1) is 17.9 Å². The number of sulfone groups is 1. The predicted molar refractivity (Wildman–Crippen MR) is 164 cm³/mol. The van der Waals surface area contributed by atoms with E-state index < -0.39 is 9.84 Å². The SMILES string of the molecule is CCCN1CC[C@@H](NC(=O)C2CCC(C#Cc3nccc(-n4ccc5c(OCCCS(C)(=O)=O)cccc54)n3)CC2)C1. The van der Waals surface area contributed by atoms with Crippen LogP contribution in [0.5, 0.6) is 5.75 Å². The van der Waals surface area contributed by atoms with Crippen molar-refractivity contribution in [2.24, 2.45) is 11.8 Å². The van der Waals surface area contributed by atoms with Crippen LogP contribution in [0.25, 0.3) is 16.7 Å². The first-order chi connectivity index (χ1) is 20.3. The first-order valence-corrected chi connectivity index (χ1v) is 17.1. The van der Waals surface area contributed by atoms with Gasteiger partial charge in [-0.2, -0.15) is 0 Å². The summed E-state index contributed by atoms with van der Waals surface area (Å²) in [4.78, 5) is 24.4. The number of fused-ring (bicyclic) bond motifs is 1. The van der Waals surface area contributed by atoms with Gasteiger partial charge < -0.3 is 19.5 Å². The van der Waals surface area contributed by atoms with Crippen LogP contribution in [-0.4, -0.2) is 78.1 Å². The highest BCUT2D eigenvalue weighted by molar-refractivity contribution is 7.90. The minimum atomic E-state index is -3.01. The van der Waals surface area contributed by atoms with Crippen molar-refractivity contribution in [3.63, 3.8) is 0 Å². The maximum Gasteiger partial charge on any atom is 0.223 e. The summed E-state index contributed by atoms with van der Waals surface area (Å²) in [6.07, 6.45) is 11.1. The van der Waals surface area contributed by atoms with Crippen LogP contribution in [0.4, 0.5) is 0 Å². The van der Waals surface area contributed by atoms with Crippen molar-refractivity contribution in [1.29, 1.82) is 0 Å². The van der Waals surface area contributed by atoms with Gasteiger partial charge in [-0.15, -0.1) is 0 Å². The Balaban J connectivity index is 1.17. The molecule has 1 atom stereocenters. The zero-order valence-electron chi connectivity index (χ0n) is 24.6. The number of nitrogens with zero attached hydrogens (tertiary/aromatic N) is 4. The van der Waals surface area contributed by atoms with Crippen LogP contribution in [0, 0.1) is 23.7 Å². The lowest BCUT2D eigenvalue weighted by Gasteiger charge is -2.26. The van der Waals surface area contributed by atoms with Crippen molar-refractivity contribution in [3.05, 3.63) is 48.5 Å². The molecule has 224 valence electrons. The fraction of sp³-hybridized carbons (Fsp3) is 0.531. The van der Waals surface area contributed by atoms with Crippen molar-refractivity contribution in [2.45, 2.75) is 57.9 Å². The third-order valence-electron chi connectivity index (χ3n) is 8.14. The van der Waals surface area contributed by atoms with Crippen molar-refractivity contribution in [3.8, 4) is 23.4 Å². The van der Waals surface area contributed by atoms with Crippen molar-refractivity contribution in [1.82, 2.24) is 24.8 Å². The Morgan fingerprint density at radius 1 is 1.14 bits per heavy atom. The number of ether oxygens (including phenoxy) is 1. The van der Waals surface area contributed by atoms with E-state index in [1.54, 1.807) is 6.20 Å². The van der Waals surface area contributed by atoms with Gasteiger partial charge in [-0.25, -0.2) is 18.4 Å². The molecule has 42 heavy (non-hydrogen) atoms. The number of aromatic nitrogens is 3. The van der Waals surface area contributed by atoms with Crippen molar-refractivity contribution >= 4 is 26.6 Å². The molecule has 3 heterocycles. The van der Waals surface area contributed by atoms with Crippen LogP contribution in [-0.2, 0) is 14.6 Å². The van der Waals surface area contributed by atoms with Crippen LogP contribution < -0.4 is 10.1 Å². The lowest BCUT2D eigenvalue weighted by Crippen LogP contribution is -2.41. The Kier molecular flexibility index (Phi) is 9.80. The van der Waals surface area contributed by atoms with Crippen LogP contribution >= 0.6 is 0 Å². The molecule has 1 aliphatic carbocycles. The minimum absolute atomic E-state index is 0.0819. The second kappa shape index (κ2) is 13.7. The molecule has 1 aromatic carbocycles. The van der Waals surface area contributed by atoms with Gasteiger partial charge in [0, 0.05) is 55.0 Å². The molecule has 0 bridgehead atoms. The van der Waals surface area contributed by atoms with E-state index in [9.17, 15) is 13.2 Å². The molecule has 2 aliphatic rings. The van der Waals surface area contributed by atoms with E-state index >= 15 is 0 Å². The van der Waals surface area contributed by atoms with Gasteiger partial charge in [0.15, 0.2) is 0 Å². The molecule has 0 radical (unpaired) electrons. The fourth-order valence-corrected chi connectivity index (χ4v) is 6.61. The Hall–Kier alpha value is -3.42. The van der Waals surface area contributed by atoms with Gasteiger partial charge in [0.25, 0.3) is 0 Å². The molecule has 0 spiro atoms. The van der Waals surface area contributed by atoms with Gasteiger partial charge in [0.2, 0.25) is 11.7 Å². The Morgan fingerprint density at radius 2 is 1.98 bits per heavy atom. The molecule has 2 aromatic heterocycles. The molecule has 0 unspecified atom stereocenters. The molecule has 9 nitrogen and oxygen atoms in total. The first kappa shape index (κ1) is 30.1. The highest BCUT2D eigenvalue weighted by Crippen LogP contribution is 2.30. The number of hydrogen-bond acceptors (Lipinski definition) is 7. The summed E-state index contributed by atoms with van der Waals surface area (Å²) >= 11 is 0. The topological polar surface area (TPSA) is 106 Å². The van der Waals surface area contributed by atoms with Gasteiger partial charge in [-0.1, -0.05) is 18.9 Å². The average Bonchev–Trinajstić information content (AvgIpc) is 3.61. The summed E-state index contributed by atoms with van der Waals surface area (Å²) in [5.74, 6) is 9.06. The van der Waals surface area contributed by atoms with Crippen molar-refractivity contribution in [2.75, 3.05) is 38.2 Å². The number of nitrogens with one attached hydrogen (secondary N) is 1. The molecular weight excluding hydrogens is 550 g/mol. The second-order valence-electron chi connectivity index (χ2n) is 11.6. The normalized spacial score (nSPS) is 21.1. The second-order valence-corrected chi connectivity index (χ2v) is 13.8. The van der Waals surface area contributed by atoms with E-state index in [4.69, 9.17) is 9.72 Å². The summed E-state index contributed by atoms with van der Waals surface area (Å²) < 4.78 is 30.7. The number of hydrogen-bond donors (Lipinski definition) is 1. The number of carbonyl (C=O) groups is 1. The minimum Gasteiger partial charge on any atom is -0.493 e. The summed E-state index contributed by atoms with van der Waals surface area (Å²) in [5.41, 5.74) is 0.931. The Labute approximate surface area is 249 Å². The smallest absolute Gasteiger partial charge is 0.223 e. The van der Waals surface area contributed by atoms with Crippen LogP contribution in [0.15, 0.2) is 42.7 Å². The Morgan fingerprint density at radius 3 is 2.76 bits per heavy atom. The van der Waals surface area contributed by atoms with Gasteiger partial charge in [-0.05, 0) is 81.7 Å². The third kappa shape index (κ3) is 7.90. The number of carbonyl (C=O) groups excluding carboxylic acids is 1. The number of amides is 1. The summed E-state index contributed by atoms with van der Waals surface area (Å²) in [6, 6.07) is 9.90. The monoisotopic (exact) mass is 591 g/mol. The molecule has 5 rings (SSSR count). The van der Waals surface area contributed by atoms with Crippen molar-refractivity contribution < 1.29 is 17.9 Å². The maximum absolute atomic E-state index is 12.9. The van der Waals surface area contributed by atoms with Gasteiger partial charge in [-0.3, -0.25) is 4.79 Å². The molecular formula is C32H41N5O4S. The highest BCUT2D eigenvalue weighted by Gasteiger charge is 2.29. The van der Waals surface area contributed by atoms with Crippen LogP contribution in [0.2, 0.25) is 0 Å². The summed E-state index contributed by atoms with van der Waals surface area (Å²) in [7, 11) is -3.01. The molecule has 10 heteroatoms. The maximum atomic E-state index is 12.9. The van der Waals surface area contributed by atoms with E-state index in [0.717, 1.165) is 69.1 Å². The largest absolute Gasteiger partial charge is 0.493 e. The number of rotatable bonds is 10. The predicted octanol–water partition coefficient (Wildman–Crippen LogP) is 3.99. The number of likely N-dealkylation sites (tertiary alicyclic amines) is 1. The lowest BCUT2D eigenvalue weighted by atomic mass is 9.82. The number of benzene rings is 1. The summed E-state index contributed by atoms with van der Waals surface area (Å²) in [5, 5.41) is 4.22. The molecule has 1 N–H and O–H groups in total.